The largest absolute Gasteiger partial charge is 0.497 e. The third-order valence-electron chi connectivity index (χ3n) is 4.66. The highest BCUT2D eigenvalue weighted by Gasteiger charge is 2.19. The molecule has 148 valence electrons. The van der Waals surface area contributed by atoms with Crippen molar-refractivity contribution in [3.8, 4) is 11.5 Å². The lowest BCUT2D eigenvalue weighted by Crippen LogP contribution is -2.27. The third-order valence-corrected chi connectivity index (χ3v) is 4.66. The van der Waals surface area contributed by atoms with E-state index in [0.29, 0.717) is 22.7 Å². The van der Waals surface area contributed by atoms with E-state index in [0.717, 1.165) is 31.6 Å². The van der Waals surface area contributed by atoms with E-state index in [1.54, 1.807) is 44.6 Å². The van der Waals surface area contributed by atoms with Gasteiger partial charge in [0.25, 0.3) is 5.91 Å². The van der Waals surface area contributed by atoms with Crippen molar-refractivity contribution in [1.29, 1.82) is 0 Å². The summed E-state index contributed by atoms with van der Waals surface area (Å²) >= 11 is 0. The molecule has 0 spiro atoms. The zero-order chi connectivity index (χ0) is 19.9. The Morgan fingerprint density at radius 1 is 1.00 bits per heavy atom. The van der Waals surface area contributed by atoms with Crippen molar-refractivity contribution < 1.29 is 19.1 Å². The van der Waals surface area contributed by atoms with Crippen molar-refractivity contribution in [1.82, 2.24) is 4.90 Å². The number of benzene rings is 2. The second kappa shape index (κ2) is 9.12. The lowest BCUT2D eigenvalue weighted by atomic mass is 10.2. The molecule has 2 N–H and O–H groups in total. The molecule has 0 radical (unpaired) electrons. The monoisotopic (exact) mass is 383 g/mol. The van der Waals surface area contributed by atoms with Crippen molar-refractivity contribution in [2.45, 2.75) is 12.8 Å². The maximum absolute atomic E-state index is 12.4. The molecule has 2 aromatic carbocycles. The SMILES string of the molecule is COc1ccc(OC)c(NC(=O)CNc2ccc(C(=O)N3CCCC3)cc2)c1. The fourth-order valence-electron chi connectivity index (χ4n) is 3.12. The van der Waals surface area contributed by atoms with E-state index in [4.69, 9.17) is 9.47 Å². The Bertz CT molecular complexity index is 830. The van der Waals surface area contributed by atoms with E-state index in [2.05, 4.69) is 10.6 Å². The maximum Gasteiger partial charge on any atom is 0.253 e. The number of carbonyl (C=O) groups is 2. The number of ether oxygens (including phenoxy) is 2. The molecule has 1 aliphatic heterocycles. The van der Waals surface area contributed by atoms with Crippen LogP contribution in [0, 0.1) is 0 Å². The van der Waals surface area contributed by atoms with Gasteiger partial charge in [-0.2, -0.15) is 0 Å². The van der Waals surface area contributed by atoms with Crippen molar-refractivity contribution in [3.63, 3.8) is 0 Å². The summed E-state index contributed by atoms with van der Waals surface area (Å²) in [7, 11) is 3.10. The summed E-state index contributed by atoms with van der Waals surface area (Å²) < 4.78 is 10.4. The summed E-state index contributed by atoms with van der Waals surface area (Å²) in [6, 6.07) is 12.4. The first-order valence-corrected chi connectivity index (χ1v) is 9.26. The van der Waals surface area contributed by atoms with Crippen LogP contribution in [0.2, 0.25) is 0 Å². The van der Waals surface area contributed by atoms with Crippen LogP contribution in [0.15, 0.2) is 42.5 Å². The molecule has 0 aliphatic carbocycles. The molecule has 0 atom stereocenters. The molecule has 1 aliphatic rings. The molecule has 7 heteroatoms. The topological polar surface area (TPSA) is 79.9 Å². The summed E-state index contributed by atoms with van der Waals surface area (Å²) in [6.07, 6.45) is 2.14. The van der Waals surface area contributed by atoms with Crippen molar-refractivity contribution >= 4 is 23.2 Å². The average molecular weight is 383 g/mol. The molecule has 0 unspecified atom stereocenters. The van der Waals surface area contributed by atoms with Gasteiger partial charge >= 0.3 is 0 Å². The van der Waals surface area contributed by atoms with Crippen LogP contribution >= 0.6 is 0 Å². The first-order chi connectivity index (χ1) is 13.6. The van der Waals surface area contributed by atoms with Crippen LogP contribution in [0.25, 0.3) is 0 Å². The number of hydrogen-bond acceptors (Lipinski definition) is 5. The van der Waals surface area contributed by atoms with Gasteiger partial charge < -0.3 is 25.0 Å². The van der Waals surface area contributed by atoms with Gasteiger partial charge in [0.15, 0.2) is 0 Å². The second-order valence-corrected chi connectivity index (χ2v) is 6.54. The summed E-state index contributed by atoms with van der Waals surface area (Å²) in [5.74, 6) is 1.02. The minimum Gasteiger partial charge on any atom is -0.497 e. The summed E-state index contributed by atoms with van der Waals surface area (Å²) in [5, 5.41) is 5.86. The number of hydrogen-bond donors (Lipinski definition) is 2. The number of carbonyl (C=O) groups excluding carboxylic acids is 2. The van der Waals surface area contributed by atoms with Gasteiger partial charge in [-0.25, -0.2) is 0 Å². The van der Waals surface area contributed by atoms with Gasteiger partial charge in [0.1, 0.15) is 11.5 Å². The Kier molecular flexibility index (Phi) is 6.37. The van der Waals surface area contributed by atoms with Crippen LogP contribution in [0.5, 0.6) is 11.5 Å². The van der Waals surface area contributed by atoms with Gasteiger partial charge in [0.05, 0.1) is 26.5 Å². The quantitative estimate of drug-likeness (QED) is 0.768. The molecule has 2 amide bonds. The lowest BCUT2D eigenvalue weighted by molar-refractivity contribution is -0.114. The Morgan fingerprint density at radius 3 is 2.36 bits per heavy atom. The van der Waals surface area contributed by atoms with Gasteiger partial charge in [-0.1, -0.05) is 0 Å². The average Bonchev–Trinajstić information content (AvgIpc) is 3.27. The molecule has 28 heavy (non-hydrogen) atoms. The lowest BCUT2D eigenvalue weighted by Gasteiger charge is -2.15. The Balaban J connectivity index is 1.55. The summed E-state index contributed by atoms with van der Waals surface area (Å²) in [4.78, 5) is 26.5. The highest BCUT2D eigenvalue weighted by Crippen LogP contribution is 2.28. The Labute approximate surface area is 164 Å². The molecule has 0 aromatic heterocycles. The van der Waals surface area contributed by atoms with Crippen LogP contribution in [0.1, 0.15) is 23.2 Å². The molecule has 1 saturated heterocycles. The predicted molar refractivity (Wildman–Crippen MR) is 108 cm³/mol. The highest BCUT2D eigenvalue weighted by atomic mass is 16.5. The van der Waals surface area contributed by atoms with E-state index in [9.17, 15) is 9.59 Å². The van der Waals surface area contributed by atoms with Crippen LogP contribution in [0.3, 0.4) is 0 Å². The molecule has 3 rings (SSSR count). The summed E-state index contributed by atoms with van der Waals surface area (Å²) in [5.41, 5.74) is 1.98. The predicted octanol–water partition coefficient (Wildman–Crippen LogP) is 2.99. The number of methoxy groups -OCH3 is 2. The van der Waals surface area contributed by atoms with Gasteiger partial charge in [-0.3, -0.25) is 9.59 Å². The maximum atomic E-state index is 12.4. The first kappa shape index (κ1) is 19.5. The van der Waals surface area contributed by atoms with Gasteiger partial charge in [0, 0.05) is 30.4 Å². The molecular weight excluding hydrogens is 358 g/mol. The van der Waals surface area contributed by atoms with E-state index >= 15 is 0 Å². The van der Waals surface area contributed by atoms with Crippen molar-refractivity contribution in [3.05, 3.63) is 48.0 Å². The van der Waals surface area contributed by atoms with E-state index in [1.807, 2.05) is 17.0 Å². The molecule has 0 saturated carbocycles. The zero-order valence-corrected chi connectivity index (χ0v) is 16.2. The standard InChI is InChI=1S/C21H25N3O4/c1-27-17-9-10-19(28-2)18(13-17)23-20(25)14-22-16-7-5-15(6-8-16)21(26)24-11-3-4-12-24/h5-10,13,22H,3-4,11-12,14H2,1-2H3,(H,23,25). The summed E-state index contributed by atoms with van der Waals surface area (Å²) in [6.45, 7) is 1.74. The van der Waals surface area contributed by atoms with Crippen LogP contribution in [0.4, 0.5) is 11.4 Å². The number of likely N-dealkylation sites (tertiary alicyclic amines) is 1. The molecule has 0 bridgehead atoms. The fraction of sp³-hybridized carbons (Fsp3) is 0.333. The van der Waals surface area contributed by atoms with Gasteiger partial charge in [-0.05, 0) is 49.2 Å². The fourth-order valence-corrected chi connectivity index (χ4v) is 3.12. The van der Waals surface area contributed by atoms with Gasteiger partial charge in [-0.15, -0.1) is 0 Å². The molecule has 2 aromatic rings. The number of nitrogens with one attached hydrogen (secondary N) is 2. The third kappa shape index (κ3) is 4.73. The van der Waals surface area contributed by atoms with E-state index in [1.165, 1.54) is 0 Å². The normalized spacial score (nSPS) is 13.1. The number of amides is 2. The van der Waals surface area contributed by atoms with E-state index < -0.39 is 0 Å². The number of nitrogens with zero attached hydrogens (tertiary/aromatic N) is 1. The van der Waals surface area contributed by atoms with Crippen LogP contribution in [-0.4, -0.2) is 50.6 Å². The van der Waals surface area contributed by atoms with Crippen molar-refractivity contribution in [2.75, 3.05) is 44.5 Å². The van der Waals surface area contributed by atoms with Crippen molar-refractivity contribution in [2.24, 2.45) is 0 Å². The Morgan fingerprint density at radius 2 is 1.71 bits per heavy atom. The molecule has 1 heterocycles. The molecule has 7 nitrogen and oxygen atoms in total. The number of anilines is 2. The smallest absolute Gasteiger partial charge is 0.253 e. The molecule has 1 fully saturated rings. The zero-order valence-electron chi connectivity index (χ0n) is 16.2. The highest BCUT2D eigenvalue weighted by molar-refractivity contribution is 5.96. The van der Waals surface area contributed by atoms with Gasteiger partial charge in [0.2, 0.25) is 5.91 Å². The minimum atomic E-state index is -0.219. The van der Waals surface area contributed by atoms with E-state index in [-0.39, 0.29) is 18.4 Å². The molecular formula is C21H25N3O4. The second-order valence-electron chi connectivity index (χ2n) is 6.54. The number of rotatable bonds is 7. The van der Waals surface area contributed by atoms with Crippen LogP contribution < -0.4 is 20.1 Å². The van der Waals surface area contributed by atoms with Crippen LogP contribution in [-0.2, 0) is 4.79 Å². The minimum absolute atomic E-state index is 0.0620. The Hall–Kier alpha value is -3.22. The first-order valence-electron chi connectivity index (χ1n) is 9.26.